The second-order valence-corrected chi connectivity index (χ2v) is 5.17. The quantitative estimate of drug-likeness (QED) is 0.914. The number of thiophene rings is 1. The van der Waals surface area contributed by atoms with Gasteiger partial charge in [-0.05, 0) is 31.2 Å². The summed E-state index contributed by atoms with van der Waals surface area (Å²) >= 11 is 1.57. The average molecular weight is 264 g/mol. The molecule has 1 heterocycles. The highest BCUT2D eigenvalue weighted by Crippen LogP contribution is 2.22. The second-order valence-electron chi connectivity index (χ2n) is 3.79. The fourth-order valence-electron chi connectivity index (χ4n) is 1.56. The first-order valence-electron chi connectivity index (χ1n) is 5.28. The molecular weight excluding hydrogens is 254 g/mol. The van der Waals surface area contributed by atoms with Crippen LogP contribution in [0.4, 0.5) is 14.5 Å². The zero-order chi connectivity index (χ0) is 13.1. The number of nitrogens with one attached hydrogen (secondary N) is 1. The maximum atomic E-state index is 13.6. The van der Waals surface area contributed by atoms with Gasteiger partial charge in [0, 0.05) is 16.3 Å². The summed E-state index contributed by atoms with van der Waals surface area (Å²) in [6, 6.07) is 7.61. The van der Waals surface area contributed by atoms with Crippen LogP contribution in [0.3, 0.4) is 0 Å². The predicted octanol–water partition coefficient (Wildman–Crippen LogP) is 3.82. The number of halogens is 2. The van der Waals surface area contributed by atoms with Gasteiger partial charge in [0.25, 0.3) is 0 Å². The van der Waals surface area contributed by atoms with E-state index in [2.05, 4.69) is 5.32 Å². The van der Waals surface area contributed by atoms with Crippen molar-refractivity contribution < 1.29 is 8.78 Å². The highest BCUT2D eigenvalue weighted by molar-refractivity contribution is 7.11. The van der Waals surface area contributed by atoms with Gasteiger partial charge in [-0.1, -0.05) is 0 Å². The minimum absolute atomic E-state index is 0.0254. The van der Waals surface area contributed by atoms with Gasteiger partial charge >= 0.3 is 0 Å². The molecule has 0 aliphatic heterocycles. The van der Waals surface area contributed by atoms with Gasteiger partial charge < -0.3 is 5.32 Å². The highest BCUT2D eigenvalue weighted by Gasteiger charge is 2.11. The normalized spacial score (nSPS) is 10.1. The molecule has 5 heteroatoms. The van der Waals surface area contributed by atoms with Crippen LogP contribution in [-0.4, -0.2) is 0 Å². The molecule has 0 unspecified atom stereocenters. The number of rotatable bonds is 3. The van der Waals surface area contributed by atoms with E-state index in [9.17, 15) is 8.78 Å². The van der Waals surface area contributed by atoms with Crippen molar-refractivity contribution in [2.45, 2.75) is 13.5 Å². The number of aryl methyl sites for hydroxylation is 1. The van der Waals surface area contributed by atoms with E-state index in [1.807, 2.05) is 19.1 Å². The van der Waals surface area contributed by atoms with Crippen molar-refractivity contribution in [3.63, 3.8) is 0 Å². The highest BCUT2D eigenvalue weighted by atomic mass is 32.1. The molecule has 0 amide bonds. The van der Waals surface area contributed by atoms with Gasteiger partial charge in [0.05, 0.1) is 11.6 Å². The molecule has 0 saturated heterocycles. The second kappa shape index (κ2) is 5.15. The Labute approximate surface area is 107 Å². The molecule has 2 nitrogen and oxygen atoms in total. The number of nitriles is 1. The van der Waals surface area contributed by atoms with Crippen LogP contribution >= 0.6 is 11.3 Å². The molecule has 0 fully saturated rings. The molecule has 0 bridgehead atoms. The van der Waals surface area contributed by atoms with E-state index in [4.69, 9.17) is 5.26 Å². The van der Waals surface area contributed by atoms with Crippen LogP contribution < -0.4 is 5.32 Å². The summed E-state index contributed by atoms with van der Waals surface area (Å²) in [5.74, 6) is -1.50. The number of benzene rings is 1. The summed E-state index contributed by atoms with van der Waals surface area (Å²) in [5.41, 5.74) is -0.220. The average Bonchev–Trinajstić information content (AvgIpc) is 2.73. The zero-order valence-corrected chi connectivity index (χ0v) is 10.4. The van der Waals surface area contributed by atoms with Crippen LogP contribution in [0.15, 0.2) is 24.3 Å². The van der Waals surface area contributed by atoms with Gasteiger partial charge in [-0.2, -0.15) is 5.26 Å². The zero-order valence-electron chi connectivity index (χ0n) is 9.63. The lowest BCUT2D eigenvalue weighted by atomic mass is 10.2. The number of hydrogen-bond donors (Lipinski definition) is 1. The maximum absolute atomic E-state index is 13.6. The Hall–Kier alpha value is -1.93. The molecule has 0 aliphatic carbocycles. The Kier molecular flexibility index (Phi) is 3.58. The first-order valence-corrected chi connectivity index (χ1v) is 6.10. The summed E-state index contributed by atoms with van der Waals surface area (Å²) < 4.78 is 27.1. The number of nitrogens with zero attached hydrogens (tertiary/aromatic N) is 1. The summed E-state index contributed by atoms with van der Waals surface area (Å²) in [6.07, 6.45) is 0. The lowest BCUT2D eigenvalue weighted by Gasteiger charge is -2.07. The fourth-order valence-corrected chi connectivity index (χ4v) is 2.39. The van der Waals surface area contributed by atoms with E-state index in [1.54, 1.807) is 17.4 Å². The maximum Gasteiger partial charge on any atom is 0.150 e. The molecule has 18 heavy (non-hydrogen) atoms. The first kappa shape index (κ1) is 12.5. The molecule has 0 spiro atoms. The molecule has 0 saturated carbocycles. The Bertz CT molecular complexity index is 591. The van der Waals surface area contributed by atoms with E-state index in [1.165, 1.54) is 0 Å². The fraction of sp³-hybridized carbons (Fsp3) is 0.154. The molecule has 0 radical (unpaired) electrons. The van der Waals surface area contributed by atoms with Gasteiger partial charge in [0.15, 0.2) is 11.6 Å². The number of anilines is 1. The molecule has 1 aromatic carbocycles. The van der Waals surface area contributed by atoms with Crippen LogP contribution in [0.1, 0.15) is 15.3 Å². The van der Waals surface area contributed by atoms with Crippen molar-refractivity contribution in [3.8, 4) is 6.07 Å². The third kappa shape index (κ3) is 2.66. The molecule has 2 rings (SSSR count). The predicted molar refractivity (Wildman–Crippen MR) is 67.5 cm³/mol. The van der Waals surface area contributed by atoms with E-state index < -0.39 is 11.6 Å². The Balaban J connectivity index is 2.17. The van der Waals surface area contributed by atoms with Crippen LogP contribution in [-0.2, 0) is 6.54 Å². The van der Waals surface area contributed by atoms with Crippen LogP contribution in [0, 0.1) is 29.9 Å². The van der Waals surface area contributed by atoms with Crippen LogP contribution in [0.2, 0.25) is 0 Å². The van der Waals surface area contributed by atoms with Gasteiger partial charge in [0.1, 0.15) is 5.69 Å². The lowest BCUT2D eigenvalue weighted by Crippen LogP contribution is -2.03. The lowest BCUT2D eigenvalue weighted by molar-refractivity contribution is 0.587. The summed E-state index contributed by atoms with van der Waals surface area (Å²) in [4.78, 5) is 2.14. The molecule has 92 valence electrons. The van der Waals surface area contributed by atoms with E-state index >= 15 is 0 Å². The monoisotopic (exact) mass is 264 g/mol. The molecule has 0 aliphatic rings. The minimum Gasteiger partial charge on any atom is -0.375 e. The SMILES string of the molecule is Cc1ccc(CNc2c(F)cc(C#N)cc2F)s1. The molecular formula is C13H10F2N2S. The Morgan fingerprint density at radius 2 is 1.94 bits per heavy atom. The largest absolute Gasteiger partial charge is 0.375 e. The molecule has 1 N–H and O–H groups in total. The third-order valence-corrected chi connectivity index (χ3v) is 3.41. The standard InChI is InChI=1S/C13H10F2N2S/c1-8-2-3-10(18-8)7-17-13-11(14)4-9(6-16)5-12(13)15/h2-5,17H,7H2,1H3. The van der Waals surface area contributed by atoms with Crippen LogP contribution in [0.25, 0.3) is 0 Å². The topological polar surface area (TPSA) is 35.8 Å². The van der Waals surface area contributed by atoms with Crippen molar-refractivity contribution in [2.24, 2.45) is 0 Å². The molecule has 0 atom stereocenters. The van der Waals surface area contributed by atoms with E-state index in [0.717, 1.165) is 21.9 Å². The first-order chi connectivity index (χ1) is 8.60. The van der Waals surface area contributed by atoms with Crippen molar-refractivity contribution in [3.05, 3.63) is 51.2 Å². The molecule has 1 aromatic heterocycles. The van der Waals surface area contributed by atoms with Crippen molar-refractivity contribution >= 4 is 17.0 Å². The Morgan fingerprint density at radius 3 is 2.44 bits per heavy atom. The third-order valence-electron chi connectivity index (χ3n) is 2.41. The summed E-state index contributed by atoms with van der Waals surface area (Å²) in [5, 5.41) is 11.3. The number of hydrogen-bond acceptors (Lipinski definition) is 3. The van der Waals surface area contributed by atoms with Gasteiger partial charge in [-0.3, -0.25) is 0 Å². The summed E-state index contributed by atoms with van der Waals surface area (Å²) in [6.45, 7) is 2.33. The summed E-state index contributed by atoms with van der Waals surface area (Å²) in [7, 11) is 0. The van der Waals surface area contributed by atoms with Crippen molar-refractivity contribution in [1.29, 1.82) is 5.26 Å². The van der Waals surface area contributed by atoms with Gasteiger partial charge in [-0.15, -0.1) is 11.3 Å². The Morgan fingerprint density at radius 1 is 1.28 bits per heavy atom. The van der Waals surface area contributed by atoms with Crippen LogP contribution in [0.5, 0.6) is 0 Å². The smallest absolute Gasteiger partial charge is 0.150 e. The van der Waals surface area contributed by atoms with Gasteiger partial charge in [0.2, 0.25) is 0 Å². The van der Waals surface area contributed by atoms with Crippen molar-refractivity contribution in [2.75, 3.05) is 5.32 Å². The van der Waals surface area contributed by atoms with E-state index in [-0.39, 0.29) is 11.3 Å². The van der Waals surface area contributed by atoms with E-state index in [0.29, 0.717) is 6.54 Å². The molecule has 2 aromatic rings. The van der Waals surface area contributed by atoms with Gasteiger partial charge in [-0.25, -0.2) is 8.78 Å². The minimum atomic E-state index is -0.750. The van der Waals surface area contributed by atoms with Crippen molar-refractivity contribution in [1.82, 2.24) is 0 Å².